The van der Waals surface area contributed by atoms with Gasteiger partial charge in [-0.3, -0.25) is 13.9 Å². The van der Waals surface area contributed by atoms with Crippen molar-refractivity contribution < 1.29 is 32.2 Å². The number of benzene rings is 4. The molecule has 0 spiro atoms. The SMILES string of the molecule is CCOc1ccc(N(CC(=O)N/N=C\c2ccc(OCC(=O)Nc3ccccc3OC)cc2)S(=O)(=O)c2ccc(Cl)cc2)cc1. The number of hydrazone groups is 1. The fourth-order valence-corrected chi connectivity index (χ4v) is 5.55. The molecule has 13 heteroatoms. The lowest BCUT2D eigenvalue weighted by Crippen LogP contribution is -2.39. The molecule has 234 valence electrons. The second-order valence-corrected chi connectivity index (χ2v) is 11.6. The van der Waals surface area contributed by atoms with Gasteiger partial charge in [-0.1, -0.05) is 23.7 Å². The number of nitrogens with zero attached hydrogens (tertiary/aromatic N) is 2. The minimum absolute atomic E-state index is 0.0309. The van der Waals surface area contributed by atoms with E-state index in [2.05, 4.69) is 15.8 Å². The van der Waals surface area contributed by atoms with Crippen molar-refractivity contribution in [2.45, 2.75) is 11.8 Å². The molecule has 0 heterocycles. The fourth-order valence-electron chi connectivity index (χ4n) is 4.00. The van der Waals surface area contributed by atoms with E-state index in [4.69, 9.17) is 25.8 Å². The van der Waals surface area contributed by atoms with Gasteiger partial charge >= 0.3 is 0 Å². The number of sulfonamides is 1. The van der Waals surface area contributed by atoms with E-state index < -0.39 is 22.5 Å². The highest BCUT2D eigenvalue weighted by Crippen LogP contribution is 2.27. The van der Waals surface area contributed by atoms with Crippen LogP contribution in [-0.2, 0) is 19.6 Å². The van der Waals surface area contributed by atoms with Gasteiger partial charge in [0.05, 0.1) is 36.2 Å². The standard InChI is InChI=1S/C32H31ClN4O7S/c1-3-43-26-16-12-25(13-17-26)37(45(40,41)28-18-10-24(33)11-19-28)21-31(38)36-34-20-23-8-14-27(15-9-23)44-22-32(39)35-29-6-4-5-7-30(29)42-2/h4-20H,3,21-22H2,1-2H3,(H,35,39)(H,36,38)/b34-20-. The molecule has 0 saturated heterocycles. The molecular weight excluding hydrogens is 620 g/mol. The van der Waals surface area contributed by atoms with Gasteiger partial charge in [-0.25, -0.2) is 13.8 Å². The Kier molecular flexibility index (Phi) is 11.4. The van der Waals surface area contributed by atoms with Crippen LogP contribution in [0.1, 0.15) is 12.5 Å². The highest BCUT2D eigenvalue weighted by molar-refractivity contribution is 7.92. The van der Waals surface area contributed by atoms with Crippen LogP contribution in [0.5, 0.6) is 17.2 Å². The summed E-state index contributed by atoms with van der Waals surface area (Å²) < 4.78 is 44.2. The molecule has 4 rings (SSSR count). The summed E-state index contributed by atoms with van der Waals surface area (Å²) >= 11 is 5.94. The molecule has 0 aliphatic carbocycles. The van der Waals surface area contributed by atoms with Crippen LogP contribution in [0.15, 0.2) is 107 Å². The average Bonchev–Trinajstić information content (AvgIpc) is 3.04. The number of hydrogen-bond donors (Lipinski definition) is 2. The number of halogens is 1. The van der Waals surface area contributed by atoms with Crippen LogP contribution in [0.4, 0.5) is 11.4 Å². The summed E-state index contributed by atoms with van der Waals surface area (Å²) in [5.41, 5.74) is 3.79. The molecule has 0 fully saturated rings. The van der Waals surface area contributed by atoms with Crippen molar-refractivity contribution in [3.05, 3.63) is 108 Å². The third kappa shape index (κ3) is 9.21. The number of anilines is 2. The first-order valence-electron chi connectivity index (χ1n) is 13.7. The van der Waals surface area contributed by atoms with Crippen LogP contribution in [0, 0.1) is 0 Å². The summed E-state index contributed by atoms with van der Waals surface area (Å²) in [5, 5.41) is 7.07. The van der Waals surface area contributed by atoms with E-state index in [0.717, 1.165) is 4.31 Å². The minimum atomic E-state index is -4.13. The Morgan fingerprint density at radius 2 is 1.51 bits per heavy atom. The monoisotopic (exact) mass is 650 g/mol. The van der Waals surface area contributed by atoms with E-state index in [0.29, 0.717) is 40.1 Å². The minimum Gasteiger partial charge on any atom is -0.495 e. The second kappa shape index (κ2) is 15.6. The molecule has 2 N–H and O–H groups in total. The number of carbonyl (C=O) groups excluding carboxylic acids is 2. The highest BCUT2D eigenvalue weighted by Gasteiger charge is 2.27. The number of para-hydroxylation sites is 2. The lowest BCUT2D eigenvalue weighted by Gasteiger charge is -2.24. The quantitative estimate of drug-likeness (QED) is 0.143. The average molecular weight is 651 g/mol. The first-order valence-corrected chi connectivity index (χ1v) is 15.5. The molecule has 2 amide bonds. The van der Waals surface area contributed by atoms with Crippen LogP contribution < -0.4 is 29.3 Å². The van der Waals surface area contributed by atoms with Crippen molar-refractivity contribution in [2.24, 2.45) is 5.10 Å². The highest BCUT2D eigenvalue weighted by atomic mass is 35.5. The Hall–Kier alpha value is -5.07. The summed E-state index contributed by atoms with van der Waals surface area (Å²) in [4.78, 5) is 25.1. The van der Waals surface area contributed by atoms with Crippen LogP contribution in [-0.4, -0.2) is 53.3 Å². The number of carbonyl (C=O) groups is 2. The van der Waals surface area contributed by atoms with Crippen molar-refractivity contribution >= 4 is 51.0 Å². The van der Waals surface area contributed by atoms with Gasteiger partial charge in [0.25, 0.3) is 21.8 Å². The molecule has 0 aliphatic heterocycles. The van der Waals surface area contributed by atoms with E-state index in [1.807, 2.05) is 6.92 Å². The van der Waals surface area contributed by atoms with Gasteiger partial charge in [-0.05, 0) is 97.4 Å². The summed E-state index contributed by atoms with van der Waals surface area (Å²) in [6, 6.07) is 25.7. The maximum atomic E-state index is 13.5. The van der Waals surface area contributed by atoms with Gasteiger partial charge in [0, 0.05) is 5.02 Å². The maximum absolute atomic E-state index is 13.5. The Labute approximate surface area is 266 Å². The number of ether oxygens (including phenoxy) is 3. The molecule has 4 aromatic rings. The summed E-state index contributed by atoms with van der Waals surface area (Å²) in [6.45, 7) is 1.53. The van der Waals surface area contributed by atoms with Gasteiger partial charge in [0.15, 0.2) is 6.61 Å². The predicted molar refractivity (Wildman–Crippen MR) is 173 cm³/mol. The van der Waals surface area contributed by atoms with E-state index in [-0.39, 0.29) is 23.1 Å². The number of methoxy groups -OCH3 is 1. The van der Waals surface area contributed by atoms with Gasteiger partial charge in [-0.15, -0.1) is 0 Å². The molecule has 45 heavy (non-hydrogen) atoms. The molecule has 4 aromatic carbocycles. The molecule has 0 aromatic heterocycles. The lowest BCUT2D eigenvalue weighted by atomic mass is 10.2. The van der Waals surface area contributed by atoms with Gasteiger partial charge in [0.2, 0.25) is 0 Å². The first kappa shape index (κ1) is 32.8. The molecule has 11 nitrogen and oxygen atoms in total. The van der Waals surface area contributed by atoms with Crippen LogP contribution in [0.2, 0.25) is 5.02 Å². The Bertz CT molecular complexity index is 1730. The van der Waals surface area contributed by atoms with Gasteiger partial charge in [-0.2, -0.15) is 5.10 Å². The predicted octanol–water partition coefficient (Wildman–Crippen LogP) is 5.11. The largest absolute Gasteiger partial charge is 0.495 e. The molecular formula is C32H31ClN4O7S. The van der Waals surface area contributed by atoms with Gasteiger partial charge in [0.1, 0.15) is 23.8 Å². The van der Waals surface area contributed by atoms with E-state index in [1.54, 1.807) is 72.8 Å². The molecule has 0 unspecified atom stereocenters. The van der Waals surface area contributed by atoms with Crippen LogP contribution >= 0.6 is 11.6 Å². The zero-order valence-corrected chi connectivity index (χ0v) is 26.0. The van der Waals surface area contributed by atoms with Crippen molar-refractivity contribution in [3.63, 3.8) is 0 Å². The van der Waals surface area contributed by atoms with Crippen LogP contribution in [0.3, 0.4) is 0 Å². The molecule has 0 aliphatic rings. The lowest BCUT2D eigenvalue weighted by molar-refractivity contribution is -0.119. The van der Waals surface area contributed by atoms with E-state index >= 15 is 0 Å². The first-order chi connectivity index (χ1) is 21.7. The topological polar surface area (TPSA) is 136 Å². The van der Waals surface area contributed by atoms with Crippen molar-refractivity contribution in [1.82, 2.24) is 5.43 Å². The zero-order chi connectivity index (χ0) is 32.2. The number of rotatable bonds is 14. The Balaban J connectivity index is 1.36. The Morgan fingerprint density at radius 3 is 2.18 bits per heavy atom. The second-order valence-electron chi connectivity index (χ2n) is 9.29. The number of nitrogens with one attached hydrogen (secondary N) is 2. The van der Waals surface area contributed by atoms with E-state index in [9.17, 15) is 18.0 Å². The third-order valence-corrected chi connectivity index (χ3v) is 8.20. The number of amides is 2. The van der Waals surface area contributed by atoms with Crippen molar-refractivity contribution in [2.75, 3.05) is 36.5 Å². The van der Waals surface area contributed by atoms with Crippen molar-refractivity contribution in [1.29, 1.82) is 0 Å². The van der Waals surface area contributed by atoms with E-state index in [1.165, 1.54) is 37.6 Å². The normalized spacial score (nSPS) is 11.1. The van der Waals surface area contributed by atoms with Crippen LogP contribution in [0.25, 0.3) is 0 Å². The summed E-state index contributed by atoms with van der Waals surface area (Å²) in [6.07, 6.45) is 1.39. The molecule has 0 atom stereocenters. The third-order valence-electron chi connectivity index (χ3n) is 6.16. The molecule has 0 saturated carbocycles. The zero-order valence-electron chi connectivity index (χ0n) is 24.5. The molecule has 0 bridgehead atoms. The van der Waals surface area contributed by atoms with Crippen molar-refractivity contribution in [3.8, 4) is 17.2 Å². The molecule has 0 radical (unpaired) electrons. The smallest absolute Gasteiger partial charge is 0.264 e. The summed E-state index contributed by atoms with van der Waals surface area (Å²) in [7, 11) is -2.62. The maximum Gasteiger partial charge on any atom is 0.264 e. The fraction of sp³-hybridized carbons (Fsp3) is 0.156. The number of hydrogen-bond acceptors (Lipinski definition) is 8. The summed E-state index contributed by atoms with van der Waals surface area (Å²) in [5.74, 6) is 0.522. The Morgan fingerprint density at radius 1 is 0.867 bits per heavy atom. The van der Waals surface area contributed by atoms with Gasteiger partial charge < -0.3 is 19.5 Å².